The number of hydrogen-bond donors (Lipinski definition) is 2. The second-order valence-corrected chi connectivity index (χ2v) is 5.41. The molecular weight excluding hydrogens is 240 g/mol. The van der Waals surface area contributed by atoms with Gasteiger partial charge in [-0.1, -0.05) is 12.5 Å². The molecule has 5 heteroatoms. The van der Waals surface area contributed by atoms with Crippen molar-refractivity contribution in [1.29, 1.82) is 0 Å². The van der Waals surface area contributed by atoms with Gasteiger partial charge in [-0.3, -0.25) is 0 Å². The number of aliphatic hydroxyl groups is 1. The van der Waals surface area contributed by atoms with Crippen molar-refractivity contribution in [3.63, 3.8) is 0 Å². The van der Waals surface area contributed by atoms with Crippen LogP contribution in [-0.2, 0) is 0 Å². The van der Waals surface area contributed by atoms with E-state index < -0.39 is 0 Å². The Hall–Kier alpha value is -1.62. The lowest BCUT2D eigenvalue weighted by Crippen LogP contribution is -2.21. The second kappa shape index (κ2) is 5.17. The lowest BCUT2D eigenvalue weighted by atomic mass is 9.97. The first-order valence-electron chi connectivity index (χ1n) is 6.94. The third kappa shape index (κ3) is 2.42. The molecule has 2 N–H and O–H groups in total. The van der Waals surface area contributed by atoms with E-state index in [1.54, 1.807) is 4.52 Å². The van der Waals surface area contributed by atoms with Crippen LogP contribution in [0.1, 0.15) is 24.8 Å². The summed E-state index contributed by atoms with van der Waals surface area (Å²) in [5, 5.41) is 17.1. The maximum absolute atomic E-state index is 9.32. The fourth-order valence-electron chi connectivity index (χ4n) is 2.96. The molecule has 2 aromatic heterocycles. The highest BCUT2D eigenvalue weighted by Crippen LogP contribution is 2.31. The summed E-state index contributed by atoms with van der Waals surface area (Å²) in [4.78, 5) is 4.50. The molecule has 0 saturated heterocycles. The SMILES string of the molecule is Cc1cccn2nc(NCC3CCCC3CO)nc12. The molecule has 5 nitrogen and oxygen atoms in total. The van der Waals surface area contributed by atoms with E-state index in [1.165, 1.54) is 12.8 Å². The van der Waals surface area contributed by atoms with Gasteiger partial charge in [-0.15, -0.1) is 5.10 Å². The third-order valence-electron chi connectivity index (χ3n) is 4.13. The zero-order chi connectivity index (χ0) is 13.2. The number of nitrogens with zero attached hydrogens (tertiary/aromatic N) is 3. The fourth-order valence-corrected chi connectivity index (χ4v) is 2.96. The highest BCUT2D eigenvalue weighted by atomic mass is 16.3. The van der Waals surface area contributed by atoms with E-state index in [4.69, 9.17) is 0 Å². The number of aromatic nitrogens is 3. The second-order valence-electron chi connectivity index (χ2n) is 5.41. The molecule has 1 aliphatic carbocycles. The predicted octanol–water partition coefficient (Wildman–Crippen LogP) is 1.86. The molecule has 3 rings (SSSR count). The van der Waals surface area contributed by atoms with Crippen LogP contribution >= 0.6 is 0 Å². The number of aryl methyl sites for hydroxylation is 1. The van der Waals surface area contributed by atoms with Gasteiger partial charge in [0.1, 0.15) is 0 Å². The van der Waals surface area contributed by atoms with E-state index in [9.17, 15) is 5.11 Å². The van der Waals surface area contributed by atoms with Crippen LogP contribution in [0.3, 0.4) is 0 Å². The molecular formula is C14H20N4O. The smallest absolute Gasteiger partial charge is 0.243 e. The standard InChI is InChI=1S/C14H20N4O/c1-10-4-3-7-18-13(10)16-14(17-18)15-8-11-5-2-6-12(11)9-19/h3-4,7,11-12,19H,2,5-6,8-9H2,1H3,(H,15,17). The number of hydrogen-bond acceptors (Lipinski definition) is 4. The topological polar surface area (TPSA) is 62.5 Å². The summed E-state index contributed by atoms with van der Waals surface area (Å²) >= 11 is 0. The lowest BCUT2D eigenvalue weighted by molar-refractivity contribution is 0.199. The molecule has 1 saturated carbocycles. The Morgan fingerprint density at radius 1 is 1.42 bits per heavy atom. The first kappa shape index (κ1) is 12.4. The Morgan fingerprint density at radius 2 is 2.26 bits per heavy atom. The Labute approximate surface area is 112 Å². The average Bonchev–Trinajstić information content (AvgIpc) is 3.02. The minimum absolute atomic E-state index is 0.296. The molecule has 2 atom stereocenters. The monoisotopic (exact) mass is 260 g/mol. The summed E-state index contributed by atoms with van der Waals surface area (Å²) in [5.74, 6) is 1.65. The van der Waals surface area contributed by atoms with Crippen LogP contribution in [0.15, 0.2) is 18.3 Å². The highest BCUT2D eigenvalue weighted by Gasteiger charge is 2.26. The fraction of sp³-hybridized carbons (Fsp3) is 0.571. The largest absolute Gasteiger partial charge is 0.396 e. The van der Waals surface area contributed by atoms with E-state index in [-0.39, 0.29) is 0 Å². The minimum atomic E-state index is 0.296. The summed E-state index contributed by atoms with van der Waals surface area (Å²) in [5.41, 5.74) is 2.02. The normalized spacial score (nSPS) is 23.1. The van der Waals surface area contributed by atoms with E-state index in [2.05, 4.69) is 15.4 Å². The zero-order valence-corrected chi connectivity index (χ0v) is 11.2. The van der Waals surface area contributed by atoms with E-state index >= 15 is 0 Å². The van der Waals surface area contributed by atoms with E-state index in [0.29, 0.717) is 24.4 Å². The summed E-state index contributed by atoms with van der Waals surface area (Å²) in [6, 6.07) is 4.01. The Balaban J connectivity index is 1.70. The van der Waals surface area contributed by atoms with Crippen LogP contribution in [0.4, 0.5) is 5.95 Å². The van der Waals surface area contributed by atoms with E-state index in [1.807, 2.05) is 25.3 Å². The van der Waals surface area contributed by atoms with Crippen LogP contribution in [0.25, 0.3) is 5.65 Å². The summed E-state index contributed by atoms with van der Waals surface area (Å²) in [6.07, 6.45) is 5.45. The van der Waals surface area contributed by atoms with Gasteiger partial charge in [-0.05, 0) is 43.2 Å². The summed E-state index contributed by atoms with van der Waals surface area (Å²) < 4.78 is 1.80. The molecule has 0 radical (unpaired) electrons. The molecule has 2 unspecified atom stereocenters. The third-order valence-corrected chi connectivity index (χ3v) is 4.13. The van der Waals surface area contributed by atoms with Gasteiger partial charge in [0.2, 0.25) is 5.95 Å². The molecule has 1 aliphatic rings. The van der Waals surface area contributed by atoms with Crippen molar-refractivity contribution in [3.05, 3.63) is 23.9 Å². The number of aliphatic hydroxyl groups excluding tert-OH is 1. The first-order chi connectivity index (χ1) is 9.28. The quantitative estimate of drug-likeness (QED) is 0.880. The van der Waals surface area contributed by atoms with Crippen LogP contribution in [0.5, 0.6) is 0 Å². The predicted molar refractivity (Wildman–Crippen MR) is 74.1 cm³/mol. The van der Waals surface area contributed by atoms with Gasteiger partial charge in [0.15, 0.2) is 5.65 Å². The van der Waals surface area contributed by atoms with E-state index in [0.717, 1.165) is 24.2 Å². The maximum atomic E-state index is 9.32. The van der Waals surface area contributed by atoms with Crippen molar-refractivity contribution in [2.75, 3.05) is 18.5 Å². The molecule has 19 heavy (non-hydrogen) atoms. The molecule has 2 aromatic rings. The van der Waals surface area contributed by atoms with Gasteiger partial charge < -0.3 is 10.4 Å². The van der Waals surface area contributed by atoms with Crippen molar-refractivity contribution in [3.8, 4) is 0 Å². The van der Waals surface area contributed by atoms with Crippen molar-refractivity contribution >= 4 is 11.6 Å². The first-order valence-corrected chi connectivity index (χ1v) is 6.94. The van der Waals surface area contributed by atoms with Gasteiger partial charge in [-0.25, -0.2) is 4.52 Å². The summed E-state index contributed by atoms with van der Waals surface area (Å²) in [6.45, 7) is 3.18. The van der Waals surface area contributed by atoms with Crippen molar-refractivity contribution in [2.45, 2.75) is 26.2 Å². The van der Waals surface area contributed by atoms with Crippen LogP contribution < -0.4 is 5.32 Å². The number of nitrogens with one attached hydrogen (secondary N) is 1. The van der Waals surface area contributed by atoms with Gasteiger partial charge in [-0.2, -0.15) is 4.98 Å². The molecule has 0 bridgehead atoms. The molecule has 1 fully saturated rings. The molecule has 0 aromatic carbocycles. The van der Waals surface area contributed by atoms with Crippen molar-refractivity contribution < 1.29 is 5.11 Å². The average molecular weight is 260 g/mol. The van der Waals surface area contributed by atoms with Gasteiger partial charge in [0.25, 0.3) is 0 Å². The van der Waals surface area contributed by atoms with Gasteiger partial charge in [0, 0.05) is 19.3 Å². The molecule has 0 aliphatic heterocycles. The summed E-state index contributed by atoms with van der Waals surface area (Å²) in [7, 11) is 0. The van der Waals surface area contributed by atoms with Crippen molar-refractivity contribution in [1.82, 2.24) is 14.6 Å². The highest BCUT2D eigenvalue weighted by molar-refractivity contribution is 5.49. The molecule has 0 spiro atoms. The number of fused-ring (bicyclic) bond motifs is 1. The Kier molecular flexibility index (Phi) is 3.38. The Bertz CT molecular complexity index is 566. The van der Waals surface area contributed by atoms with Gasteiger partial charge >= 0.3 is 0 Å². The molecule has 2 heterocycles. The number of pyridine rings is 1. The van der Waals surface area contributed by atoms with Crippen LogP contribution in [0.2, 0.25) is 0 Å². The van der Waals surface area contributed by atoms with Crippen molar-refractivity contribution in [2.24, 2.45) is 11.8 Å². The Morgan fingerprint density at radius 3 is 3.05 bits per heavy atom. The van der Waals surface area contributed by atoms with Crippen LogP contribution in [-0.4, -0.2) is 32.9 Å². The number of rotatable bonds is 4. The molecule has 102 valence electrons. The zero-order valence-electron chi connectivity index (χ0n) is 11.2. The molecule has 0 amide bonds. The minimum Gasteiger partial charge on any atom is -0.396 e. The lowest BCUT2D eigenvalue weighted by Gasteiger charge is -2.16. The maximum Gasteiger partial charge on any atom is 0.243 e. The van der Waals surface area contributed by atoms with Gasteiger partial charge in [0.05, 0.1) is 0 Å². The van der Waals surface area contributed by atoms with Crippen LogP contribution in [0, 0.1) is 18.8 Å². The number of anilines is 1.